The van der Waals surface area contributed by atoms with Crippen LogP contribution in [0.3, 0.4) is 0 Å². The van der Waals surface area contributed by atoms with E-state index in [1.54, 1.807) is 24.3 Å². The van der Waals surface area contributed by atoms with Gasteiger partial charge in [0.05, 0.1) is 15.9 Å². The molecule has 2 aliphatic heterocycles. The number of ether oxygens (including phenoxy) is 2. The predicted octanol–water partition coefficient (Wildman–Crippen LogP) is 5.79. The second kappa shape index (κ2) is 11.2. The van der Waals surface area contributed by atoms with Crippen LogP contribution in [-0.2, 0) is 26.3 Å². The summed E-state index contributed by atoms with van der Waals surface area (Å²) >= 11 is 10.4. The zero-order valence-corrected chi connectivity index (χ0v) is 24.4. The van der Waals surface area contributed by atoms with Gasteiger partial charge in [0.1, 0.15) is 4.90 Å². The van der Waals surface area contributed by atoms with Crippen molar-refractivity contribution in [2.45, 2.75) is 18.4 Å². The van der Waals surface area contributed by atoms with Gasteiger partial charge < -0.3 is 19.0 Å². The number of fused-ring (bicyclic) bond motifs is 1. The third-order valence-electron chi connectivity index (χ3n) is 5.66. The van der Waals surface area contributed by atoms with Gasteiger partial charge in [-0.1, -0.05) is 17.7 Å². The molecule has 5 rings (SSSR count). The van der Waals surface area contributed by atoms with Crippen LogP contribution in [0.25, 0.3) is 6.08 Å². The van der Waals surface area contributed by atoms with E-state index >= 15 is 0 Å². The zero-order valence-electron chi connectivity index (χ0n) is 20.5. The molecular weight excluding hydrogens is 648 g/mol. The van der Waals surface area contributed by atoms with E-state index in [-0.39, 0.29) is 34.8 Å². The second-order valence-corrected chi connectivity index (χ2v) is 12.3. The Morgan fingerprint density at radius 3 is 2.50 bits per heavy atom. The summed E-state index contributed by atoms with van der Waals surface area (Å²) in [6.45, 7) is 1.37. The van der Waals surface area contributed by atoms with Crippen LogP contribution in [0, 0.1) is 0 Å². The molecule has 0 atom stereocenters. The average molecular weight is 666 g/mol. The Bertz CT molecular complexity index is 1690. The zero-order chi connectivity index (χ0) is 28.6. The van der Waals surface area contributed by atoms with Gasteiger partial charge in [0.2, 0.25) is 12.7 Å². The van der Waals surface area contributed by atoms with Gasteiger partial charge in [0, 0.05) is 23.7 Å². The normalized spacial score (nSPS) is 15.6. The molecule has 1 fully saturated rings. The van der Waals surface area contributed by atoms with Crippen molar-refractivity contribution in [2.24, 2.45) is 0 Å². The van der Waals surface area contributed by atoms with Crippen molar-refractivity contribution in [3.05, 3.63) is 80.1 Å². The van der Waals surface area contributed by atoms with E-state index in [1.165, 1.54) is 43.3 Å². The molecule has 10 nitrogen and oxygen atoms in total. The van der Waals surface area contributed by atoms with Gasteiger partial charge in [0.15, 0.2) is 17.2 Å². The van der Waals surface area contributed by atoms with Crippen LogP contribution in [0.1, 0.15) is 18.1 Å². The first-order valence-electron chi connectivity index (χ1n) is 11.5. The highest BCUT2D eigenvalue weighted by molar-refractivity contribution is 9.10. The highest BCUT2D eigenvalue weighted by Crippen LogP contribution is 2.40. The number of thioether (sulfide) groups is 1. The van der Waals surface area contributed by atoms with Crippen LogP contribution in [0.4, 0.5) is 10.5 Å². The number of imide groups is 1. The van der Waals surface area contributed by atoms with Crippen LogP contribution >= 0.6 is 39.3 Å². The Balaban J connectivity index is 1.30. The van der Waals surface area contributed by atoms with Crippen molar-refractivity contribution in [3.63, 3.8) is 0 Å². The number of hydrogen-bond acceptors (Lipinski definition) is 9. The van der Waals surface area contributed by atoms with Crippen LogP contribution < -0.4 is 19.0 Å². The van der Waals surface area contributed by atoms with E-state index in [0.29, 0.717) is 37.8 Å². The van der Waals surface area contributed by atoms with Crippen LogP contribution in [-0.4, -0.2) is 37.2 Å². The lowest BCUT2D eigenvalue weighted by molar-refractivity contribution is -0.123. The third-order valence-corrected chi connectivity index (χ3v) is 8.79. The first-order chi connectivity index (χ1) is 19.0. The van der Waals surface area contributed by atoms with Gasteiger partial charge in [-0.2, -0.15) is 8.42 Å². The van der Waals surface area contributed by atoms with Crippen molar-refractivity contribution in [1.82, 2.24) is 4.90 Å². The van der Waals surface area contributed by atoms with E-state index in [1.807, 2.05) is 0 Å². The number of anilines is 1. The first-order valence-corrected chi connectivity index (χ1v) is 14.8. The Hall–Kier alpha value is -3.52. The number of rotatable bonds is 7. The smallest absolute Gasteiger partial charge is 0.339 e. The largest absolute Gasteiger partial charge is 0.454 e. The molecule has 3 amide bonds. The summed E-state index contributed by atoms with van der Waals surface area (Å²) in [5.74, 6) is 0.223. The molecule has 0 unspecified atom stereocenters. The number of nitrogens with one attached hydrogen (secondary N) is 1. The molecule has 2 aliphatic rings. The van der Waals surface area contributed by atoms with Crippen LogP contribution in [0.15, 0.2) is 68.9 Å². The second-order valence-electron chi connectivity index (χ2n) is 8.50. The van der Waals surface area contributed by atoms with Gasteiger partial charge in [-0.15, -0.1) is 0 Å². The predicted molar refractivity (Wildman–Crippen MR) is 152 cm³/mol. The Labute approximate surface area is 246 Å². The molecule has 0 aromatic heterocycles. The molecule has 14 heteroatoms. The molecule has 40 heavy (non-hydrogen) atoms. The summed E-state index contributed by atoms with van der Waals surface area (Å²) in [4.78, 5) is 38.0. The topological polar surface area (TPSA) is 128 Å². The van der Waals surface area contributed by atoms with Crippen molar-refractivity contribution in [3.8, 4) is 17.2 Å². The van der Waals surface area contributed by atoms with E-state index in [4.69, 9.17) is 25.3 Å². The van der Waals surface area contributed by atoms with Crippen molar-refractivity contribution >= 4 is 78.2 Å². The van der Waals surface area contributed by atoms with E-state index in [0.717, 1.165) is 16.7 Å². The summed E-state index contributed by atoms with van der Waals surface area (Å²) in [6.07, 6.45) is 1.52. The number of benzene rings is 3. The molecule has 0 saturated carbocycles. The maximum absolute atomic E-state index is 13.0. The van der Waals surface area contributed by atoms with Crippen molar-refractivity contribution in [2.75, 3.05) is 12.1 Å². The SMILES string of the molecule is CC(=O)Nc1ccc(S(=O)(=O)Oc2ccc(/C=C3\SC(=O)N(Cc4cc5c(cc4Cl)OCO5)C3=O)cc2Br)cc1. The molecule has 3 aromatic rings. The highest BCUT2D eigenvalue weighted by Gasteiger charge is 2.36. The molecule has 0 radical (unpaired) electrons. The van der Waals surface area contributed by atoms with Gasteiger partial charge in [-0.3, -0.25) is 19.3 Å². The minimum atomic E-state index is -4.17. The minimum absolute atomic E-state index is 0.0219. The maximum Gasteiger partial charge on any atom is 0.339 e. The molecule has 0 bridgehead atoms. The molecule has 0 spiro atoms. The number of hydrogen-bond donors (Lipinski definition) is 1. The lowest BCUT2D eigenvalue weighted by Gasteiger charge is -2.14. The first kappa shape index (κ1) is 28.0. The monoisotopic (exact) mass is 664 g/mol. The lowest BCUT2D eigenvalue weighted by Crippen LogP contribution is -2.27. The molecule has 206 valence electrons. The number of carbonyl (C=O) groups excluding carboxylic acids is 3. The summed E-state index contributed by atoms with van der Waals surface area (Å²) < 4.78 is 41.7. The van der Waals surface area contributed by atoms with E-state index in [9.17, 15) is 22.8 Å². The minimum Gasteiger partial charge on any atom is -0.454 e. The van der Waals surface area contributed by atoms with Crippen LogP contribution in [0.2, 0.25) is 5.02 Å². The molecular formula is C26H18BrClN2O8S2. The summed E-state index contributed by atoms with van der Waals surface area (Å²) in [6, 6.07) is 13.3. The Kier molecular flexibility index (Phi) is 7.82. The Morgan fingerprint density at radius 2 is 1.82 bits per heavy atom. The summed E-state index contributed by atoms with van der Waals surface area (Å²) in [5.41, 5.74) is 1.51. The molecule has 3 aromatic carbocycles. The number of carbonyl (C=O) groups is 3. The quantitative estimate of drug-likeness (QED) is 0.246. The lowest BCUT2D eigenvalue weighted by atomic mass is 10.1. The standard InChI is InChI=1S/C26H18BrClN2O8S2/c1-14(31)29-17-3-5-18(6-4-17)40(34,35)38-21-7-2-15(8-19(21)27)9-24-25(32)30(26(33)39-24)12-16-10-22-23(11-20(16)28)37-13-36-22/h2-11H,12-13H2,1H3,(H,29,31)/b24-9-. The van der Waals surface area contributed by atoms with Crippen molar-refractivity contribution in [1.29, 1.82) is 0 Å². The summed E-state index contributed by atoms with van der Waals surface area (Å²) in [7, 11) is -4.17. The molecule has 1 saturated heterocycles. The number of amides is 3. The van der Waals surface area contributed by atoms with Gasteiger partial charge in [0.25, 0.3) is 11.1 Å². The molecule has 0 aliphatic carbocycles. The number of nitrogens with zero attached hydrogens (tertiary/aromatic N) is 1. The maximum atomic E-state index is 13.0. The van der Waals surface area contributed by atoms with Crippen molar-refractivity contribution < 1.29 is 36.5 Å². The molecule has 1 N–H and O–H groups in total. The van der Waals surface area contributed by atoms with Gasteiger partial charge in [-0.05, 0) is 87.4 Å². The van der Waals surface area contributed by atoms with Gasteiger partial charge in [-0.25, -0.2) is 0 Å². The Morgan fingerprint density at radius 1 is 1.12 bits per heavy atom. The fraction of sp³-hybridized carbons (Fsp3) is 0.115. The van der Waals surface area contributed by atoms with Gasteiger partial charge >= 0.3 is 10.1 Å². The summed E-state index contributed by atoms with van der Waals surface area (Å²) in [5, 5.41) is 2.44. The molecule has 2 heterocycles. The van der Waals surface area contributed by atoms with E-state index < -0.39 is 21.3 Å². The fourth-order valence-corrected chi connectivity index (χ4v) is 6.37. The number of halogens is 2. The van der Waals surface area contributed by atoms with Crippen LogP contribution in [0.5, 0.6) is 17.2 Å². The highest BCUT2D eigenvalue weighted by atomic mass is 79.9. The third kappa shape index (κ3) is 5.97. The average Bonchev–Trinajstić information content (AvgIpc) is 3.44. The fourth-order valence-electron chi connectivity index (χ4n) is 3.79. The van der Waals surface area contributed by atoms with E-state index in [2.05, 4.69) is 21.2 Å².